The number of fused-ring (bicyclic) bond motifs is 3. The predicted octanol–water partition coefficient (Wildman–Crippen LogP) is 2.25. The molecule has 1 aromatic carbocycles. The first kappa shape index (κ1) is 9.59. The van der Waals surface area contributed by atoms with E-state index < -0.39 is 0 Å². The van der Waals surface area contributed by atoms with Crippen LogP contribution in [0.5, 0.6) is 0 Å². The average molecular weight is 278 g/mol. The molecule has 0 radical (unpaired) electrons. The summed E-state index contributed by atoms with van der Waals surface area (Å²) >= 11 is 3.34. The minimum absolute atomic E-state index is 0.163. The van der Waals surface area contributed by atoms with Crippen LogP contribution in [0.1, 0.15) is 5.69 Å². The highest BCUT2D eigenvalue weighted by molar-refractivity contribution is 9.10. The highest BCUT2D eigenvalue weighted by Crippen LogP contribution is 2.20. The Morgan fingerprint density at radius 1 is 1.38 bits per heavy atom. The molecule has 0 aliphatic carbocycles. The maximum absolute atomic E-state index is 11.9. The number of hydrogen-bond donors (Lipinski definition) is 1. The third-order valence-electron chi connectivity index (χ3n) is 2.66. The first-order chi connectivity index (χ1) is 7.68. The summed E-state index contributed by atoms with van der Waals surface area (Å²) in [6.45, 7) is 1.86. The number of nitrogens with one attached hydrogen (secondary N) is 1. The zero-order chi connectivity index (χ0) is 11.3. The Bertz CT molecular complexity index is 757. The Balaban J connectivity index is 2.70. The SMILES string of the molecule is Cc1c(Br)nc2c3ccccc3[nH]c(=O)n12. The molecule has 0 fully saturated rings. The maximum atomic E-state index is 11.9. The van der Waals surface area contributed by atoms with Crippen LogP contribution in [0.15, 0.2) is 33.7 Å². The van der Waals surface area contributed by atoms with E-state index in [9.17, 15) is 4.79 Å². The van der Waals surface area contributed by atoms with Crippen LogP contribution in [0.3, 0.4) is 0 Å². The third-order valence-corrected chi connectivity index (χ3v) is 3.41. The van der Waals surface area contributed by atoms with E-state index in [0.29, 0.717) is 10.3 Å². The van der Waals surface area contributed by atoms with E-state index in [1.165, 1.54) is 0 Å². The van der Waals surface area contributed by atoms with Crippen molar-refractivity contribution in [3.63, 3.8) is 0 Å². The van der Waals surface area contributed by atoms with Gasteiger partial charge in [-0.2, -0.15) is 0 Å². The Hall–Kier alpha value is -1.62. The summed E-state index contributed by atoms with van der Waals surface area (Å²) in [7, 11) is 0. The fraction of sp³-hybridized carbons (Fsp3) is 0.0909. The molecular formula is C11H8BrN3O. The molecule has 0 saturated heterocycles. The average Bonchev–Trinajstić information content (AvgIpc) is 2.57. The number of halogens is 1. The first-order valence-corrected chi connectivity index (χ1v) is 5.63. The van der Waals surface area contributed by atoms with Crippen LogP contribution in [0, 0.1) is 6.92 Å². The van der Waals surface area contributed by atoms with Crippen molar-refractivity contribution in [2.45, 2.75) is 6.92 Å². The van der Waals surface area contributed by atoms with Gasteiger partial charge in [-0.05, 0) is 35.0 Å². The van der Waals surface area contributed by atoms with Gasteiger partial charge in [0, 0.05) is 5.39 Å². The highest BCUT2D eigenvalue weighted by Gasteiger charge is 2.11. The molecule has 5 heteroatoms. The Morgan fingerprint density at radius 2 is 2.12 bits per heavy atom. The zero-order valence-corrected chi connectivity index (χ0v) is 10.1. The second-order valence-electron chi connectivity index (χ2n) is 3.62. The molecule has 0 aliphatic rings. The lowest BCUT2D eigenvalue weighted by atomic mass is 10.2. The molecule has 3 rings (SSSR count). The van der Waals surface area contributed by atoms with Gasteiger partial charge in [-0.3, -0.25) is 0 Å². The number of para-hydroxylation sites is 1. The lowest BCUT2D eigenvalue weighted by Crippen LogP contribution is -2.17. The molecule has 16 heavy (non-hydrogen) atoms. The Labute approximate surface area is 99.1 Å². The summed E-state index contributed by atoms with van der Waals surface area (Å²) < 4.78 is 2.28. The van der Waals surface area contributed by atoms with Gasteiger partial charge in [0.2, 0.25) is 0 Å². The van der Waals surface area contributed by atoms with Crippen LogP contribution in [0.2, 0.25) is 0 Å². The molecular weight excluding hydrogens is 270 g/mol. The van der Waals surface area contributed by atoms with Crippen molar-refractivity contribution < 1.29 is 0 Å². The first-order valence-electron chi connectivity index (χ1n) is 4.84. The normalized spacial score (nSPS) is 11.4. The zero-order valence-electron chi connectivity index (χ0n) is 8.49. The van der Waals surface area contributed by atoms with Crippen LogP contribution in [0.25, 0.3) is 16.6 Å². The van der Waals surface area contributed by atoms with E-state index in [4.69, 9.17) is 0 Å². The standard InChI is InChI=1S/C11H8BrN3O/c1-6-9(12)14-10-7-4-2-3-5-8(7)13-11(16)15(6)10/h2-5H,1H3,(H,13,16). The lowest BCUT2D eigenvalue weighted by Gasteiger charge is -2.00. The number of aromatic nitrogens is 3. The Morgan fingerprint density at radius 3 is 2.94 bits per heavy atom. The molecule has 0 amide bonds. The highest BCUT2D eigenvalue weighted by atomic mass is 79.9. The quantitative estimate of drug-likeness (QED) is 0.685. The molecule has 80 valence electrons. The van der Waals surface area contributed by atoms with E-state index in [2.05, 4.69) is 25.9 Å². The van der Waals surface area contributed by atoms with Gasteiger partial charge in [0.05, 0.1) is 11.2 Å². The molecule has 2 heterocycles. The summed E-state index contributed by atoms with van der Waals surface area (Å²) in [6, 6.07) is 7.63. The van der Waals surface area contributed by atoms with E-state index in [1.807, 2.05) is 31.2 Å². The van der Waals surface area contributed by atoms with Crippen molar-refractivity contribution in [3.8, 4) is 0 Å². The van der Waals surface area contributed by atoms with Crippen LogP contribution in [-0.2, 0) is 0 Å². The molecule has 0 unspecified atom stereocenters. The molecule has 2 aromatic heterocycles. The maximum Gasteiger partial charge on any atom is 0.332 e. The second kappa shape index (κ2) is 3.18. The summed E-state index contributed by atoms with van der Waals surface area (Å²) in [4.78, 5) is 19.1. The summed E-state index contributed by atoms with van der Waals surface area (Å²) in [5.74, 6) is 0. The van der Waals surface area contributed by atoms with Gasteiger partial charge in [-0.15, -0.1) is 0 Å². The number of H-pyrrole nitrogens is 1. The number of rotatable bonds is 0. The van der Waals surface area contributed by atoms with Gasteiger partial charge in [-0.25, -0.2) is 14.2 Å². The number of benzene rings is 1. The van der Waals surface area contributed by atoms with E-state index >= 15 is 0 Å². The number of hydrogen-bond acceptors (Lipinski definition) is 2. The van der Waals surface area contributed by atoms with Gasteiger partial charge in [0.15, 0.2) is 5.65 Å². The molecule has 0 atom stereocenters. The van der Waals surface area contributed by atoms with Gasteiger partial charge < -0.3 is 4.98 Å². The molecule has 4 nitrogen and oxygen atoms in total. The van der Waals surface area contributed by atoms with Crippen molar-refractivity contribution in [2.75, 3.05) is 0 Å². The van der Waals surface area contributed by atoms with Crippen LogP contribution >= 0.6 is 15.9 Å². The fourth-order valence-electron chi connectivity index (χ4n) is 1.86. The fourth-order valence-corrected chi connectivity index (χ4v) is 2.21. The molecule has 3 aromatic rings. The third kappa shape index (κ3) is 1.15. The van der Waals surface area contributed by atoms with Crippen LogP contribution in [0.4, 0.5) is 0 Å². The van der Waals surface area contributed by atoms with Gasteiger partial charge >= 0.3 is 5.69 Å². The molecule has 0 saturated carbocycles. The lowest BCUT2D eigenvalue weighted by molar-refractivity contribution is 0.988. The van der Waals surface area contributed by atoms with Crippen LogP contribution < -0.4 is 5.69 Å². The van der Waals surface area contributed by atoms with Crippen molar-refractivity contribution in [1.29, 1.82) is 0 Å². The van der Waals surface area contributed by atoms with Gasteiger partial charge in [0.25, 0.3) is 0 Å². The minimum atomic E-state index is -0.163. The molecule has 1 N–H and O–H groups in total. The smallest absolute Gasteiger partial charge is 0.306 e. The van der Waals surface area contributed by atoms with Gasteiger partial charge in [0.1, 0.15) is 4.60 Å². The largest absolute Gasteiger partial charge is 0.332 e. The van der Waals surface area contributed by atoms with Crippen molar-refractivity contribution in [1.82, 2.24) is 14.4 Å². The summed E-state index contributed by atoms with van der Waals surface area (Å²) in [5.41, 5.74) is 2.13. The predicted molar refractivity (Wildman–Crippen MR) is 65.8 cm³/mol. The Kier molecular flexibility index (Phi) is 1.91. The second-order valence-corrected chi connectivity index (χ2v) is 4.37. The van der Waals surface area contributed by atoms with Gasteiger partial charge in [-0.1, -0.05) is 12.1 Å². The molecule has 0 spiro atoms. The van der Waals surface area contributed by atoms with Crippen molar-refractivity contribution in [2.24, 2.45) is 0 Å². The monoisotopic (exact) mass is 277 g/mol. The minimum Gasteiger partial charge on any atom is -0.306 e. The number of nitrogens with zero attached hydrogens (tertiary/aromatic N) is 2. The van der Waals surface area contributed by atoms with Crippen LogP contribution in [-0.4, -0.2) is 14.4 Å². The summed E-state index contributed by atoms with van der Waals surface area (Å²) in [6.07, 6.45) is 0. The molecule has 0 bridgehead atoms. The number of aromatic amines is 1. The topological polar surface area (TPSA) is 50.2 Å². The van der Waals surface area contributed by atoms with Crippen molar-refractivity contribution in [3.05, 3.63) is 45.0 Å². The van der Waals surface area contributed by atoms with E-state index in [-0.39, 0.29) is 5.69 Å². The van der Waals surface area contributed by atoms with Crippen molar-refractivity contribution >= 4 is 32.5 Å². The number of aryl methyl sites for hydroxylation is 1. The van der Waals surface area contributed by atoms with E-state index in [0.717, 1.165) is 16.6 Å². The summed E-state index contributed by atoms with van der Waals surface area (Å²) in [5, 5.41) is 0.941. The number of imidazole rings is 1. The molecule has 0 aliphatic heterocycles. The van der Waals surface area contributed by atoms with E-state index in [1.54, 1.807) is 4.40 Å².